The van der Waals surface area contributed by atoms with Gasteiger partial charge in [-0.3, -0.25) is 0 Å². The summed E-state index contributed by atoms with van der Waals surface area (Å²) in [6.45, 7) is 1.83. The maximum Gasteiger partial charge on any atom is 0.339 e. The first-order valence-corrected chi connectivity index (χ1v) is 6.02. The highest BCUT2D eigenvalue weighted by Gasteiger charge is 2.14. The third-order valence-electron chi connectivity index (χ3n) is 2.53. The molecule has 0 saturated carbocycles. The number of carboxylic acid groups (broad SMARTS) is 1. The molecule has 2 rings (SSSR count). The Hall–Kier alpha value is -2.28. The Morgan fingerprint density at radius 1 is 1.60 bits per heavy atom. The summed E-state index contributed by atoms with van der Waals surface area (Å²) < 4.78 is 10.2. The zero-order valence-corrected chi connectivity index (χ0v) is 11.6. The Bertz CT molecular complexity index is 642. The Morgan fingerprint density at radius 3 is 2.95 bits per heavy atom. The zero-order chi connectivity index (χ0) is 14.7. The van der Waals surface area contributed by atoms with E-state index in [1.165, 1.54) is 19.4 Å². The molecule has 0 aromatic carbocycles. The van der Waals surface area contributed by atoms with Crippen molar-refractivity contribution in [1.82, 2.24) is 9.97 Å². The van der Waals surface area contributed by atoms with Gasteiger partial charge in [0.2, 0.25) is 0 Å². The zero-order valence-electron chi connectivity index (χ0n) is 10.8. The van der Waals surface area contributed by atoms with E-state index in [1.807, 2.05) is 0 Å². The van der Waals surface area contributed by atoms with Crippen LogP contribution in [0.4, 0.5) is 5.82 Å². The number of halogens is 1. The molecule has 0 fully saturated rings. The maximum atomic E-state index is 10.9. The normalized spacial score (nSPS) is 10.3. The highest BCUT2D eigenvalue weighted by molar-refractivity contribution is 6.32. The van der Waals surface area contributed by atoms with Gasteiger partial charge in [0.05, 0.1) is 19.9 Å². The minimum Gasteiger partial charge on any atom is -0.478 e. The lowest BCUT2D eigenvalue weighted by Crippen LogP contribution is -2.03. The summed E-state index contributed by atoms with van der Waals surface area (Å²) in [6.07, 6.45) is 1.41. The Kier molecular flexibility index (Phi) is 4.09. The van der Waals surface area contributed by atoms with Crippen molar-refractivity contribution in [1.29, 1.82) is 0 Å². The molecule has 2 heterocycles. The first-order chi connectivity index (χ1) is 9.51. The number of aryl methyl sites for hydroxylation is 1. The quantitative estimate of drug-likeness (QED) is 0.874. The molecule has 2 aromatic heterocycles. The van der Waals surface area contributed by atoms with E-state index in [-0.39, 0.29) is 18.1 Å². The standard InChI is InChI=1S/C12H12ClN3O4/c1-6-8(11(17)18)3-7(20-6)4-14-10-9(13)5-15-12(16-10)19-2/h3,5H,4H2,1-2H3,(H,17,18)(H,14,15,16). The van der Waals surface area contributed by atoms with Crippen LogP contribution in [-0.2, 0) is 6.54 Å². The Labute approximate surface area is 119 Å². The highest BCUT2D eigenvalue weighted by Crippen LogP contribution is 2.22. The van der Waals surface area contributed by atoms with E-state index in [9.17, 15) is 4.79 Å². The number of nitrogens with one attached hydrogen (secondary N) is 1. The van der Waals surface area contributed by atoms with Crippen LogP contribution in [0.3, 0.4) is 0 Å². The largest absolute Gasteiger partial charge is 0.478 e. The van der Waals surface area contributed by atoms with Crippen molar-refractivity contribution in [2.24, 2.45) is 0 Å². The first-order valence-electron chi connectivity index (χ1n) is 5.64. The minimum absolute atomic E-state index is 0.133. The van der Waals surface area contributed by atoms with Gasteiger partial charge in [-0.2, -0.15) is 4.98 Å². The average Bonchev–Trinajstić information content (AvgIpc) is 2.79. The number of methoxy groups -OCH3 is 1. The maximum absolute atomic E-state index is 10.9. The highest BCUT2D eigenvalue weighted by atomic mass is 35.5. The van der Waals surface area contributed by atoms with Crippen molar-refractivity contribution < 1.29 is 19.1 Å². The van der Waals surface area contributed by atoms with Crippen molar-refractivity contribution in [2.45, 2.75) is 13.5 Å². The summed E-state index contributed by atoms with van der Waals surface area (Å²) in [5.74, 6) is 0.165. The molecule has 0 bridgehead atoms. The van der Waals surface area contributed by atoms with Crippen LogP contribution in [0.15, 0.2) is 16.7 Å². The molecule has 2 aromatic rings. The number of aromatic nitrogens is 2. The predicted octanol–water partition coefficient (Wildman–Crippen LogP) is 2.35. The fourth-order valence-electron chi connectivity index (χ4n) is 1.59. The van der Waals surface area contributed by atoms with E-state index >= 15 is 0 Å². The van der Waals surface area contributed by atoms with Crippen LogP contribution >= 0.6 is 11.6 Å². The molecule has 0 aliphatic rings. The molecule has 0 saturated heterocycles. The second-order valence-electron chi connectivity index (χ2n) is 3.89. The number of nitrogens with zero attached hydrogens (tertiary/aromatic N) is 2. The van der Waals surface area contributed by atoms with Crippen LogP contribution < -0.4 is 10.1 Å². The lowest BCUT2D eigenvalue weighted by atomic mass is 10.2. The number of carboxylic acids is 1. The van der Waals surface area contributed by atoms with Crippen LogP contribution in [-0.4, -0.2) is 28.2 Å². The summed E-state index contributed by atoms with van der Waals surface area (Å²) in [6, 6.07) is 1.63. The second-order valence-corrected chi connectivity index (χ2v) is 4.30. The average molecular weight is 298 g/mol. The predicted molar refractivity (Wildman–Crippen MR) is 71.3 cm³/mol. The number of furan rings is 1. The van der Waals surface area contributed by atoms with E-state index in [4.69, 9.17) is 25.9 Å². The smallest absolute Gasteiger partial charge is 0.339 e. The van der Waals surface area contributed by atoms with Gasteiger partial charge in [0.15, 0.2) is 5.82 Å². The van der Waals surface area contributed by atoms with Crippen LogP contribution in [0.5, 0.6) is 6.01 Å². The van der Waals surface area contributed by atoms with Crippen molar-refractivity contribution in [3.63, 3.8) is 0 Å². The van der Waals surface area contributed by atoms with Gasteiger partial charge in [0, 0.05) is 0 Å². The van der Waals surface area contributed by atoms with Crippen LogP contribution in [0.2, 0.25) is 5.02 Å². The van der Waals surface area contributed by atoms with Crippen LogP contribution in [0.25, 0.3) is 0 Å². The van der Waals surface area contributed by atoms with E-state index in [1.54, 1.807) is 6.92 Å². The van der Waals surface area contributed by atoms with Gasteiger partial charge in [-0.25, -0.2) is 9.78 Å². The van der Waals surface area contributed by atoms with E-state index in [0.717, 1.165) is 0 Å². The lowest BCUT2D eigenvalue weighted by molar-refractivity contribution is 0.0695. The van der Waals surface area contributed by atoms with Gasteiger partial charge in [-0.1, -0.05) is 11.6 Å². The Morgan fingerprint density at radius 2 is 2.35 bits per heavy atom. The number of carbonyl (C=O) groups is 1. The van der Waals surface area contributed by atoms with Crippen molar-refractivity contribution in [3.8, 4) is 6.01 Å². The summed E-state index contributed by atoms with van der Waals surface area (Å²) in [7, 11) is 1.45. The van der Waals surface area contributed by atoms with Crippen molar-refractivity contribution >= 4 is 23.4 Å². The number of aromatic carboxylic acids is 1. The summed E-state index contributed by atoms with van der Waals surface area (Å²) in [5.41, 5.74) is 0.133. The molecule has 20 heavy (non-hydrogen) atoms. The van der Waals surface area contributed by atoms with Crippen molar-refractivity contribution in [3.05, 3.63) is 34.4 Å². The van der Waals surface area contributed by atoms with Crippen LogP contribution in [0, 0.1) is 6.92 Å². The van der Waals surface area contributed by atoms with E-state index in [2.05, 4.69) is 15.3 Å². The molecule has 0 radical (unpaired) electrons. The number of hydrogen-bond donors (Lipinski definition) is 2. The van der Waals surface area contributed by atoms with Crippen LogP contribution in [0.1, 0.15) is 21.9 Å². The summed E-state index contributed by atoms with van der Waals surface area (Å²) in [5, 5.41) is 12.2. The Balaban J connectivity index is 2.12. The molecule has 0 aliphatic carbocycles. The second kappa shape index (κ2) is 5.79. The molecule has 0 unspecified atom stereocenters. The SMILES string of the molecule is COc1ncc(Cl)c(NCc2cc(C(=O)O)c(C)o2)n1. The fourth-order valence-corrected chi connectivity index (χ4v) is 1.75. The molecule has 0 amide bonds. The molecule has 0 spiro atoms. The third-order valence-corrected chi connectivity index (χ3v) is 2.81. The molecule has 106 valence electrons. The molecule has 2 N–H and O–H groups in total. The van der Waals surface area contributed by atoms with Gasteiger partial charge in [0.1, 0.15) is 22.1 Å². The first kappa shape index (κ1) is 14.1. The number of anilines is 1. The molecule has 0 atom stereocenters. The summed E-state index contributed by atoms with van der Waals surface area (Å²) in [4.78, 5) is 18.8. The topological polar surface area (TPSA) is 97.5 Å². The van der Waals surface area contributed by atoms with Gasteiger partial charge >= 0.3 is 12.0 Å². The van der Waals surface area contributed by atoms with E-state index in [0.29, 0.717) is 22.4 Å². The molecule has 8 heteroatoms. The lowest BCUT2D eigenvalue weighted by Gasteiger charge is -2.06. The van der Waals surface area contributed by atoms with Gasteiger partial charge in [-0.05, 0) is 13.0 Å². The fraction of sp³-hybridized carbons (Fsp3) is 0.250. The van der Waals surface area contributed by atoms with Gasteiger partial charge < -0.3 is 19.6 Å². The number of ether oxygens (including phenoxy) is 1. The molecule has 7 nitrogen and oxygen atoms in total. The molecular weight excluding hydrogens is 286 g/mol. The summed E-state index contributed by atoms with van der Waals surface area (Å²) >= 11 is 5.94. The third kappa shape index (κ3) is 3.00. The minimum atomic E-state index is -1.03. The molecule has 0 aliphatic heterocycles. The monoisotopic (exact) mass is 297 g/mol. The molecular formula is C12H12ClN3O4. The van der Waals surface area contributed by atoms with E-state index < -0.39 is 5.97 Å². The van der Waals surface area contributed by atoms with Gasteiger partial charge in [0.25, 0.3) is 0 Å². The van der Waals surface area contributed by atoms with Crippen molar-refractivity contribution in [2.75, 3.05) is 12.4 Å². The van der Waals surface area contributed by atoms with Gasteiger partial charge in [-0.15, -0.1) is 0 Å². The number of rotatable bonds is 5. The number of hydrogen-bond acceptors (Lipinski definition) is 6.